The molecule has 3 aliphatic rings. The number of carbonyl (C=O) groups is 2. The summed E-state index contributed by atoms with van der Waals surface area (Å²) in [6.45, 7) is 4.25. The zero-order chi connectivity index (χ0) is 24.9. The van der Waals surface area contributed by atoms with E-state index in [1.165, 1.54) is 31.8 Å². The van der Waals surface area contributed by atoms with Crippen molar-refractivity contribution in [3.05, 3.63) is 12.7 Å². The van der Waals surface area contributed by atoms with Gasteiger partial charge in [-0.25, -0.2) is 0 Å². The summed E-state index contributed by atoms with van der Waals surface area (Å²) < 4.78 is 11.9. The number of unbranched alkanes of at least 4 members (excludes halogenated alkanes) is 2. The third kappa shape index (κ3) is 10.3. The number of esters is 1. The fraction of sp³-hybridized carbons (Fsp3) is 0.800. The smallest absolute Gasteiger partial charge is 0.309 e. The van der Waals surface area contributed by atoms with E-state index >= 15 is 0 Å². The van der Waals surface area contributed by atoms with E-state index in [1.54, 1.807) is 0 Å². The van der Waals surface area contributed by atoms with Crippen molar-refractivity contribution >= 4 is 23.5 Å². The van der Waals surface area contributed by atoms with E-state index in [4.69, 9.17) is 9.47 Å². The Morgan fingerprint density at radius 3 is 2.03 bits per heavy atom. The molecule has 0 aromatic carbocycles. The molecular formula is C30H46O4S. The molecule has 0 atom stereocenters. The van der Waals surface area contributed by atoms with Gasteiger partial charge in [-0.15, -0.1) is 0 Å². The molecule has 3 saturated carbocycles. The summed E-state index contributed by atoms with van der Waals surface area (Å²) in [4.78, 5) is 23.9. The van der Waals surface area contributed by atoms with Gasteiger partial charge in [0.15, 0.2) is 5.78 Å². The van der Waals surface area contributed by atoms with E-state index in [9.17, 15) is 9.59 Å². The predicted octanol–water partition coefficient (Wildman–Crippen LogP) is 6.90. The van der Waals surface area contributed by atoms with E-state index in [0.717, 1.165) is 82.5 Å². The van der Waals surface area contributed by atoms with Crippen LogP contribution in [0.15, 0.2) is 12.7 Å². The summed E-state index contributed by atoms with van der Waals surface area (Å²) in [7, 11) is 0. The van der Waals surface area contributed by atoms with Crippen molar-refractivity contribution in [1.82, 2.24) is 0 Å². The van der Waals surface area contributed by atoms with Crippen LogP contribution in [-0.4, -0.2) is 42.1 Å². The maximum absolute atomic E-state index is 12.7. The van der Waals surface area contributed by atoms with Crippen molar-refractivity contribution in [2.45, 2.75) is 120 Å². The van der Waals surface area contributed by atoms with Crippen molar-refractivity contribution in [1.29, 1.82) is 0 Å². The normalized spacial score (nSPS) is 31.1. The van der Waals surface area contributed by atoms with Gasteiger partial charge in [0.05, 0.1) is 12.0 Å². The Kier molecular flexibility index (Phi) is 12.8. The molecular weight excluding hydrogens is 456 g/mol. The Hall–Kier alpha value is -1.25. The summed E-state index contributed by atoms with van der Waals surface area (Å²) in [6.07, 6.45) is 20.3. The molecule has 0 heterocycles. The number of thioether (sulfide) groups is 1. The van der Waals surface area contributed by atoms with Gasteiger partial charge in [-0.2, -0.15) is 11.8 Å². The van der Waals surface area contributed by atoms with Gasteiger partial charge >= 0.3 is 5.97 Å². The Labute approximate surface area is 217 Å². The first-order chi connectivity index (χ1) is 17.1. The molecule has 5 heteroatoms. The van der Waals surface area contributed by atoms with E-state index in [0.29, 0.717) is 18.3 Å². The lowest BCUT2D eigenvalue weighted by Gasteiger charge is -2.30. The highest BCUT2D eigenvalue weighted by Gasteiger charge is 2.31. The fourth-order valence-corrected chi connectivity index (χ4v) is 6.40. The molecule has 0 unspecified atom stereocenters. The van der Waals surface area contributed by atoms with Crippen molar-refractivity contribution in [3.8, 4) is 11.8 Å². The number of ketones is 1. The summed E-state index contributed by atoms with van der Waals surface area (Å²) in [5.41, 5.74) is 0. The molecule has 3 aliphatic carbocycles. The molecule has 0 aromatic rings. The second kappa shape index (κ2) is 15.8. The predicted molar refractivity (Wildman–Crippen MR) is 144 cm³/mol. The van der Waals surface area contributed by atoms with Gasteiger partial charge in [0, 0.05) is 30.1 Å². The van der Waals surface area contributed by atoms with Crippen LogP contribution in [0.2, 0.25) is 0 Å². The van der Waals surface area contributed by atoms with Gasteiger partial charge in [-0.3, -0.25) is 9.59 Å². The standard InChI is InChI=1S/C30H46O4S/c1-3-26(31)7-5-4-6-22-33-27-18-14-25(15-19-27)30(32)34-28-16-10-23(11-17-28)8-9-24-12-20-29(35-2)21-13-24/h3,23-25,27-29H,1,4-7,10-22H2,2H3. The number of allylic oxidation sites excluding steroid dienone is 1. The highest BCUT2D eigenvalue weighted by molar-refractivity contribution is 7.99. The molecule has 0 saturated heterocycles. The van der Waals surface area contributed by atoms with E-state index in [2.05, 4.69) is 24.7 Å². The van der Waals surface area contributed by atoms with Crippen LogP contribution in [-0.2, 0) is 19.1 Å². The van der Waals surface area contributed by atoms with Crippen molar-refractivity contribution < 1.29 is 19.1 Å². The Bertz CT molecular complexity index is 714. The van der Waals surface area contributed by atoms with Crippen molar-refractivity contribution in [3.63, 3.8) is 0 Å². The second-order valence-electron chi connectivity index (χ2n) is 10.7. The van der Waals surface area contributed by atoms with Crippen LogP contribution in [0.1, 0.15) is 103 Å². The Balaban J connectivity index is 1.24. The van der Waals surface area contributed by atoms with Gasteiger partial charge in [-0.05, 0) is 102 Å². The number of hydrogen-bond donors (Lipinski definition) is 0. The number of ether oxygens (including phenoxy) is 2. The lowest BCUT2D eigenvalue weighted by molar-refractivity contribution is -0.158. The molecule has 0 spiro atoms. The topological polar surface area (TPSA) is 52.6 Å². The first-order valence-corrected chi connectivity index (χ1v) is 15.4. The van der Waals surface area contributed by atoms with E-state index < -0.39 is 0 Å². The monoisotopic (exact) mass is 502 g/mol. The summed E-state index contributed by atoms with van der Waals surface area (Å²) >= 11 is 2.01. The lowest BCUT2D eigenvalue weighted by Crippen LogP contribution is -2.31. The van der Waals surface area contributed by atoms with Crippen LogP contribution < -0.4 is 0 Å². The SMILES string of the molecule is C=CC(=O)CCCCCOC1CCC(C(=O)OC2CCC(C#CC3CCC(SC)CC3)CC2)CC1. The number of carbonyl (C=O) groups excluding carboxylic acids is 2. The van der Waals surface area contributed by atoms with Crippen LogP contribution >= 0.6 is 11.8 Å². The van der Waals surface area contributed by atoms with Crippen LogP contribution in [0.5, 0.6) is 0 Å². The van der Waals surface area contributed by atoms with Crippen molar-refractivity contribution in [2.75, 3.05) is 12.9 Å². The molecule has 4 nitrogen and oxygen atoms in total. The molecule has 35 heavy (non-hydrogen) atoms. The van der Waals surface area contributed by atoms with Crippen LogP contribution in [0, 0.1) is 29.6 Å². The van der Waals surface area contributed by atoms with Gasteiger partial charge in [-0.1, -0.05) is 24.8 Å². The minimum Gasteiger partial charge on any atom is -0.462 e. The number of rotatable bonds is 11. The molecule has 196 valence electrons. The zero-order valence-electron chi connectivity index (χ0n) is 21.8. The molecule has 0 radical (unpaired) electrons. The second-order valence-corrected chi connectivity index (χ2v) is 11.9. The molecule has 0 amide bonds. The highest BCUT2D eigenvalue weighted by atomic mass is 32.2. The molecule has 0 aliphatic heterocycles. The quantitative estimate of drug-likeness (QED) is 0.133. The third-order valence-corrected chi connectivity index (χ3v) is 9.25. The van der Waals surface area contributed by atoms with Crippen LogP contribution in [0.25, 0.3) is 0 Å². The molecule has 3 rings (SSSR count). The summed E-state index contributed by atoms with van der Waals surface area (Å²) in [5.74, 6) is 8.40. The minimum atomic E-state index is 0.00965. The van der Waals surface area contributed by atoms with E-state index in [-0.39, 0.29) is 29.9 Å². The lowest BCUT2D eigenvalue weighted by atomic mass is 9.85. The van der Waals surface area contributed by atoms with Gasteiger partial charge < -0.3 is 9.47 Å². The third-order valence-electron chi connectivity index (χ3n) is 8.11. The van der Waals surface area contributed by atoms with Crippen LogP contribution in [0.3, 0.4) is 0 Å². The van der Waals surface area contributed by atoms with Gasteiger partial charge in [0.2, 0.25) is 0 Å². The zero-order valence-corrected chi connectivity index (χ0v) is 22.6. The molecule has 0 N–H and O–H groups in total. The van der Waals surface area contributed by atoms with Gasteiger partial charge in [0.1, 0.15) is 6.10 Å². The Morgan fingerprint density at radius 1 is 0.829 bits per heavy atom. The van der Waals surface area contributed by atoms with E-state index in [1.807, 2.05) is 11.8 Å². The number of hydrogen-bond acceptors (Lipinski definition) is 5. The largest absolute Gasteiger partial charge is 0.462 e. The van der Waals surface area contributed by atoms with Gasteiger partial charge in [0.25, 0.3) is 0 Å². The summed E-state index contributed by atoms with van der Waals surface area (Å²) in [6, 6.07) is 0. The fourth-order valence-electron chi connectivity index (χ4n) is 5.66. The average molecular weight is 503 g/mol. The first kappa shape index (κ1) is 28.3. The summed E-state index contributed by atoms with van der Waals surface area (Å²) in [5, 5.41) is 0.845. The molecule has 0 bridgehead atoms. The molecule has 3 fully saturated rings. The van der Waals surface area contributed by atoms with Crippen molar-refractivity contribution in [2.24, 2.45) is 17.8 Å². The average Bonchev–Trinajstić information content (AvgIpc) is 2.90. The molecule has 0 aromatic heterocycles. The Morgan fingerprint density at radius 2 is 1.43 bits per heavy atom. The maximum Gasteiger partial charge on any atom is 0.309 e. The van der Waals surface area contributed by atoms with Crippen LogP contribution in [0.4, 0.5) is 0 Å². The maximum atomic E-state index is 12.7. The first-order valence-electron chi connectivity index (χ1n) is 14.1. The minimum absolute atomic E-state index is 0.00965. The highest BCUT2D eigenvalue weighted by Crippen LogP contribution is 2.32.